The number of hydrogen-bond acceptors (Lipinski definition) is 2. The van der Waals surface area contributed by atoms with Gasteiger partial charge in [0.15, 0.2) is 0 Å². The summed E-state index contributed by atoms with van der Waals surface area (Å²) in [6.45, 7) is 6.35. The molecular weight excluding hydrogens is 383 g/mol. The topological polar surface area (TPSA) is 49.4 Å². The Hall–Kier alpha value is -2.04. The normalized spacial score (nSPS) is 11.7. The van der Waals surface area contributed by atoms with Gasteiger partial charge in [0.1, 0.15) is 6.04 Å². The molecule has 0 fully saturated rings. The molecule has 0 heterocycles. The lowest BCUT2D eigenvalue weighted by Crippen LogP contribution is -2.48. The Morgan fingerprint density at radius 3 is 2.44 bits per heavy atom. The van der Waals surface area contributed by atoms with Crippen molar-refractivity contribution in [2.45, 2.75) is 39.8 Å². The predicted octanol–water partition coefficient (Wildman–Crippen LogP) is 4.40. The number of aryl methyl sites for hydroxylation is 1. The number of rotatable bonds is 7. The van der Waals surface area contributed by atoms with Gasteiger partial charge in [0.05, 0.1) is 16.5 Å². The number of benzene rings is 2. The number of carbonyl (C=O) groups excluding carboxylic acids is 2. The molecule has 0 saturated carbocycles. The fourth-order valence-corrected chi connectivity index (χ4v) is 3.16. The van der Waals surface area contributed by atoms with E-state index in [1.165, 1.54) is 0 Å². The Bertz CT molecular complexity index is 824. The molecule has 0 radical (unpaired) electrons. The van der Waals surface area contributed by atoms with Crippen LogP contribution in [0.1, 0.15) is 30.5 Å². The molecule has 27 heavy (non-hydrogen) atoms. The quantitative estimate of drug-likeness (QED) is 0.740. The zero-order chi connectivity index (χ0) is 20.0. The van der Waals surface area contributed by atoms with Crippen molar-refractivity contribution in [3.05, 3.63) is 69.2 Å². The largest absolute Gasteiger partial charge is 0.355 e. The lowest BCUT2D eigenvalue weighted by molar-refractivity contribution is -0.140. The minimum Gasteiger partial charge on any atom is -0.355 e. The summed E-state index contributed by atoms with van der Waals surface area (Å²) < 4.78 is 0. The highest BCUT2D eigenvalue weighted by Crippen LogP contribution is 2.24. The van der Waals surface area contributed by atoms with Gasteiger partial charge >= 0.3 is 0 Å². The van der Waals surface area contributed by atoms with Crippen LogP contribution in [-0.4, -0.2) is 29.3 Å². The molecule has 6 heteroatoms. The predicted molar refractivity (Wildman–Crippen MR) is 110 cm³/mol. The molecular formula is C21H24Cl2N2O2. The SMILES string of the molecule is CCNC(=O)[C@@H](C)N(Cc1ccc(Cl)c(Cl)c1)C(=O)Cc1cccc(C)c1. The maximum atomic E-state index is 13.0. The number of likely N-dealkylation sites (N-methyl/N-ethyl adjacent to an activating group) is 1. The van der Waals surface area contributed by atoms with E-state index in [2.05, 4.69) is 5.32 Å². The molecule has 0 aromatic heterocycles. The molecule has 0 spiro atoms. The van der Waals surface area contributed by atoms with Crippen LogP contribution in [0.15, 0.2) is 42.5 Å². The summed E-state index contributed by atoms with van der Waals surface area (Å²) in [6.07, 6.45) is 0.229. The molecule has 0 bridgehead atoms. The van der Waals surface area contributed by atoms with Crippen molar-refractivity contribution >= 4 is 35.0 Å². The standard InChI is InChI=1S/C21H24Cl2N2O2/c1-4-24-21(27)15(3)25(13-17-8-9-18(22)19(23)11-17)20(26)12-16-7-5-6-14(2)10-16/h5-11,15H,4,12-13H2,1-3H3,(H,24,27)/t15-/m1/s1. The summed E-state index contributed by atoms with van der Waals surface area (Å²) in [6, 6.07) is 12.4. The Labute approximate surface area is 170 Å². The summed E-state index contributed by atoms with van der Waals surface area (Å²) >= 11 is 12.1. The Kier molecular flexibility index (Phi) is 7.69. The Balaban J connectivity index is 2.26. The summed E-state index contributed by atoms with van der Waals surface area (Å²) in [5.74, 6) is -0.305. The maximum absolute atomic E-state index is 13.0. The molecule has 0 unspecified atom stereocenters. The van der Waals surface area contributed by atoms with Crippen LogP contribution in [0.2, 0.25) is 10.0 Å². The number of nitrogens with zero attached hydrogens (tertiary/aromatic N) is 1. The van der Waals surface area contributed by atoms with E-state index in [-0.39, 0.29) is 24.8 Å². The molecule has 2 aromatic rings. The van der Waals surface area contributed by atoms with Gasteiger partial charge in [-0.15, -0.1) is 0 Å². The molecule has 4 nitrogen and oxygen atoms in total. The third kappa shape index (κ3) is 5.98. The number of hydrogen-bond donors (Lipinski definition) is 1. The molecule has 2 rings (SSSR count). The van der Waals surface area contributed by atoms with Crippen LogP contribution in [-0.2, 0) is 22.6 Å². The molecule has 1 N–H and O–H groups in total. The van der Waals surface area contributed by atoms with Crippen molar-refractivity contribution in [1.29, 1.82) is 0 Å². The zero-order valence-electron chi connectivity index (χ0n) is 15.8. The van der Waals surface area contributed by atoms with Gasteiger partial charge in [0.25, 0.3) is 0 Å². The molecule has 0 aliphatic carbocycles. The third-order valence-corrected chi connectivity index (χ3v) is 5.03. The molecule has 1 atom stereocenters. The monoisotopic (exact) mass is 406 g/mol. The van der Waals surface area contributed by atoms with Crippen LogP contribution < -0.4 is 5.32 Å². The van der Waals surface area contributed by atoms with E-state index >= 15 is 0 Å². The van der Waals surface area contributed by atoms with Crippen molar-refractivity contribution in [3.8, 4) is 0 Å². The second-order valence-corrected chi connectivity index (χ2v) is 7.32. The lowest BCUT2D eigenvalue weighted by Gasteiger charge is -2.29. The van der Waals surface area contributed by atoms with Crippen LogP contribution in [0, 0.1) is 6.92 Å². The van der Waals surface area contributed by atoms with Gasteiger partial charge in [-0.25, -0.2) is 0 Å². The van der Waals surface area contributed by atoms with Gasteiger partial charge in [-0.1, -0.05) is 59.1 Å². The van der Waals surface area contributed by atoms with Gasteiger partial charge < -0.3 is 10.2 Å². The molecule has 2 aromatic carbocycles. The molecule has 2 amide bonds. The van der Waals surface area contributed by atoms with Crippen molar-refractivity contribution < 1.29 is 9.59 Å². The summed E-state index contributed by atoms with van der Waals surface area (Å²) in [5.41, 5.74) is 2.83. The lowest BCUT2D eigenvalue weighted by atomic mass is 10.1. The first kappa shape index (κ1) is 21.3. The molecule has 0 aliphatic rings. The summed E-state index contributed by atoms with van der Waals surface area (Å²) in [4.78, 5) is 26.9. The van der Waals surface area contributed by atoms with Crippen molar-refractivity contribution in [2.75, 3.05) is 6.54 Å². The van der Waals surface area contributed by atoms with E-state index < -0.39 is 6.04 Å². The molecule has 144 valence electrons. The molecule has 0 aliphatic heterocycles. The minimum absolute atomic E-state index is 0.120. The average molecular weight is 407 g/mol. The van der Waals surface area contributed by atoms with Gasteiger partial charge in [-0.2, -0.15) is 0 Å². The van der Waals surface area contributed by atoms with E-state index in [9.17, 15) is 9.59 Å². The zero-order valence-corrected chi connectivity index (χ0v) is 17.3. The number of amides is 2. The van der Waals surface area contributed by atoms with Crippen molar-refractivity contribution in [2.24, 2.45) is 0 Å². The second-order valence-electron chi connectivity index (χ2n) is 6.51. The van der Waals surface area contributed by atoms with Crippen LogP contribution in [0.4, 0.5) is 0 Å². The number of nitrogens with one attached hydrogen (secondary N) is 1. The number of halogens is 2. The van der Waals surface area contributed by atoms with Crippen molar-refractivity contribution in [3.63, 3.8) is 0 Å². The molecule has 0 saturated heterocycles. The minimum atomic E-state index is -0.600. The van der Waals surface area contributed by atoms with E-state index in [1.807, 2.05) is 44.2 Å². The highest BCUT2D eigenvalue weighted by molar-refractivity contribution is 6.42. The maximum Gasteiger partial charge on any atom is 0.242 e. The van der Waals surface area contributed by atoms with Crippen molar-refractivity contribution in [1.82, 2.24) is 10.2 Å². The Morgan fingerprint density at radius 1 is 1.07 bits per heavy atom. The Morgan fingerprint density at radius 2 is 1.81 bits per heavy atom. The van der Waals surface area contributed by atoms with E-state index in [0.717, 1.165) is 16.7 Å². The van der Waals surface area contributed by atoms with Gasteiger partial charge in [0, 0.05) is 13.1 Å². The summed E-state index contributed by atoms with van der Waals surface area (Å²) in [7, 11) is 0. The first-order valence-corrected chi connectivity index (χ1v) is 9.64. The van der Waals surface area contributed by atoms with Crippen LogP contribution in [0.25, 0.3) is 0 Å². The average Bonchev–Trinajstić information content (AvgIpc) is 2.62. The van der Waals surface area contributed by atoms with E-state index in [4.69, 9.17) is 23.2 Å². The first-order chi connectivity index (χ1) is 12.8. The third-order valence-electron chi connectivity index (χ3n) is 4.29. The van der Waals surface area contributed by atoms with Gasteiger partial charge in [-0.05, 0) is 44.0 Å². The number of carbonyl (C=O) groups is 2. The summed E-state index contributed by atoms with van der Waals surface area (Å²) in [5, 5.41) is 3.66. The van der Waals surface area contributed by atoms with Crippen LogP contribution >= 0.6 is 23.2 Å². The smallest absolute Gasteiger partial charge is 0.242 e. The van der Waals surface area contributed by atoms with Crippen LogP contribution in [0.3, 0.4) is 0 Å². The second kappa shape index (κ2) is 9.77. The highest BCUT2D eigenvalue weighted by atomic mass is 35.5. The first-order valence-electron chi connectivity index (χ1n) is 8.88. The fraction of sp³-hybridized carbons (Fsp3) is 0.333. The van der Waals surface area contributed by atoms with E-state index in [0.29, 0.717) is 16.6 Å². The highest BCUT2D eigenvalue weighted by Gasteiger charge is 2.26. The van der Waals surface area contributed by atoms with Gasteiger partial charge in [-0.3, -0.25) is 9.59 Å². The van der Waals surface area contributed by atoms with Gasteiger partial charge in [0.2, 0.25) is 11.8 Å². The van der Waals surface area contributed by atoms with E-state index in [1.54, 1.807) is 24.0 Å². The fourth-order valence-electron chi connectivity index (χ4n) is 2.84. The van der Waals surface area contributed by atoms with Crippen LogP contribution in [0.5, 0.6) is 0 Å².